The number of rotatable bonds is 6. The number of hydrogen-bond acceptors (Lipinski definition) is 2. The Morgan fingerprint density at radius 2 is 1.80 bits per heavy atom. The van der Waals surface area contributed by atoms with Gasteiger partial charge in [0, 0.05) is 24.0 Å². The standard InChI is InChI=1S/C17H24N2O/c1-17(2,3)18-12-16-10-7-11-19(16)14-20-13-15-8-5-4-6-9-15/h4-11,18H,12-14H2,1-3H3. The molecule has 1 heterocycles. The highest BCUT2D eigenvalue weighted by Gasteiger charge is 2.10. The molecule has 1 N–H and O–H groups in total. The van der Waals surface area contributed by atoms with E-state index in [2.05, 4.69) is 61.1 Å². The Kier molecular flexibility index (Phi) is 4.99. The number of aromatic nitrogens is 1. The van der Waals surface area contributed by atoms with Crippen LogP contribution in [0.3, 0.4) is 0 Å². The third-order valence-corrected chi connectivity index (χ3v) is 3.07. The first-order chi connectivity index (χ1) is 9.54. The second-order valence-electron chi connectivity index (χ2n) is 6.04. The summed E-state index contributed by atoms with van der Waals surface area (Å²) in [5.74, 6) is 0. The van der Waals surface area contributed by atoms with E-state index in [1.54, 1.807) is 0 Å². The number of benzene rings is 1. The van der Waals surface area contributed by atoms with Gasteiger partial charge in [-0.1, -0.05) is 30.3 Å². The summed E-state index contributed by atoms with van der Waals surface area (Å²) in [7, 11) is 0. The Morgan fingerprint density at radius 1 is 1.05 bits per heavy atom. The fraction of sp³-hybridized carbons (Fsp3) is 0.412. The lowest BCUT2D eigenvalue weighted by Crippen LogP contribution is -2.35. The van der Waals surface area contributed by atoms with Crippen LogP contribution in [0.25, 0.3) is 0 Å². The third-order valence-electron chi connectivity index (χ3n) is 3.07. The van der Waals surface area contributed by atoms with Gasteiger partial charge < -0.3 is 14.6 Å². The van der Waals surface area contributed by atoms with E-state index in [4.69, 9.17) is 4.74 Å². The van der Waals surface area contributed by atoms with Gasteiger partial charge in [-0.05, 0) is 38.5 Å². The molecule has 0 spiro atoms. The predicted molar refractivity (Wildman–Crippen MR) is 82.3 cm³/mol. The van der Waals surface area contributed by atoms with Crippen molar-refractivity contribution in [1.82, 2.24) is 9.88 Å². The van der Waals surface area contributed by atoms with Gasteiger partial charge in [-0.25, -0.2) is 0 Å². The average Bonchev–Trinajstić information content (AvgIpc) is 2.84. The van der Waals surface area contributed by atoms with Crippen LogP contribution in [0.4, 0.5) is 0 Å². The summed E-state index contributed by atoms with van der Waals surface area (Å²) < 4.78 is 7.91. The zero-order valence-corrected chi connectivity index (χ0v) is 12.6. The van der Waals surface area contributed by atoms with Crippen LogP contribution in [-0.4, -0.2) is 10.1 Å². The van der Waals surface area contributed by atoms with E-state index in [0.29, 0.717) is 13.3 Å². The largest absolute Gasteiger partial charge is 0.356 e. The number of ether oxygens (including phenoxy) is 1. The van der Waals surface area contributed by atoms with Gasteiger partial charge in [0.25, 0.3) is 0 Å². The van der Waals surface area contributed by atoms with E-state index in [-0.39, 0.29) is 5.54 Å². The lowest BCUT2D eigenvalue weighted by molar-refractivity contribution is 0.0622. The molecule has 0 aliphatic heterocycles. The molecular formula is C17H24N2O. The van der Waals surface area contributed by atoms with E-state index in [9.17, 15) is 0 Å². The van der Waals surface area contributed by atoms with Crippen LogP contribution in [0.2, 0.25) is 0 Å². The molecule has 2 aromatic rings. The monoisotopic (exact) mass is 272 g/mol. The predicted octanol–water partition coefficient (Wildman–Crippen LogP) is 3.55. The van der Waals surface area contributed by atoms with Crippen LogP contribution in [-0.2, 0) is 24.6 Å². The summed E-state index contributed by atoms with van der Waals surface area (Å²) in [6, 6.07) is 14.4. The molecule has 0 fully saturated rings. The zero-order chi connectivity index (χ0) is 14.4. The van der Waals surface area contributed by atoms with Gasteiger partial charge in [0.1, 0.15) is 6.73 Å². The Balaban J connectivity index is 1.83. The van der Waals surface area contributed by atoms with Crippen molar-refractivity contribution in [2.75, 3.05) is 0 Å². The molecule has 0 amide bonds. The van der Waals surface area contributed by atoms with Crippen LogP contribution in [0.15, 0.2) is 48.7 Å². The number of nitrogens with zero attached hydrogens (tertiary/aromatic N) is 1. The molecule has 108 valence electrons. The van der Waals surface area contributed by atoms with Crippen LogP contribution < -0.4 is 5.32 Å². The van der Waals surface area contributed by atoms with Crippen LogP contribution in [0, 0.1) is 0 Å². The molecule has 2 rings (SSSR count). The first-order valence-corrected chi connectivity index (χ1v) is 7.05. The highest BCUT2D eigenvalue weighted by molar-refractivity contribution is 5.13. The fourth-order valence-corrected chi connectivity index (χ4v) is 1.93. The Bertz CT molecular complexity index is 511. The lowest BCUT2D eigenvalue weighted by Gasteiger charge is -2.21. The zero-order valence-electron chi connectivity index (χ0n) is 12.6. The van der Waals surface area contributed by atoms with Crippen LogP contribution in [0.5, 0.6) is 0 Å². The Morgan fingerprint density at radius 3 is 2.50 bits per heavy atom. The maximum Gasteiger partial charge on any atom is 0.123 e. The highest BCUT2D eigenvalue weighted by atomic mass is 16.5. The van der Waals surface area contributed by atoms with Crippen molar-refractivity contribution in [3.8, 4) is 0 Å². The molecule has 0 atom stereocenters. The van der Waals surface area contributed by atoms with Crippen LogP contribution in [0.1, 0.15) is 32.0 Å². The van der Waals surface area contributed by atoms with Crippen molar-refractivity contribution in [3.63, 3.8) is 0 Å². The summed E-state index contributed by atoms with van der Waals surface area (Å²) in [6.07, 6.45) is 2.06. The van der Waals surface area contributed by atoms with Crippen molar-refractivity contribution >= 4 is 0 Å². The van der Waals surface area contributed by atoms with Gasteiger partial charge in [-0.3, -0.25) is 0 Å². The van der Waals surface area contributed by atoms with Crippen molar-refractivity contribution in [3.05, 3.63) is 59.9 Å². The van der Waals surface area contributed by atoms with Gasteiger partial charge >= 0.3 is 0 Å². The molecule has 1 aromatic carbocycles. The minimum Gasteiger partial charge on any atom is -0.356 e. The summed E-state index contributed by atoms with van der Waals surface area (Å²) in [5, 5.41) is 3.50. The molecule has 0 aliphatic rings. The lowest BCUT2D eigenvalue weighted by atomic mass is 10.1. The molecule has 3 heteroatoms. The second-order valence-corrected chi connectivity index (χ2v) is 6.04. The molecule has 1 aromatic heterocycles. The van der Waals surface area contributed by atoms with Crippen LogP contribution >= 0.6 is 0 Å². The first kappa shape index (κ1) is 14.8. The van der Waals surface area contributed by atoms with Crippen molar-refractivity contribution in [2.45, 2.75) is 46.2 Å². The summed E-state index contributed by atoms with van der Waals surface area (Å²) in [6.45, 7) is 8.60. The Labute approximate surface area is 121 Å². The summed E-state index contributed by atoms with van der Waals surface area (Å²) >= 11 is 0. The topological polar surface area (TPSA) is 26.2 Å². The highest BCUT2D eigenvalue weighted by Crippen LogP contribution is 2.08. The van der Waals surface area contributed by atoms with Crippen molar-refractivity contribution in [2.24, 2.45) is 0 Å². The van der Waals surface area contributed by atoms with Gasteiger partial charge in [-0.15, -0.1) is 0 Å². The maximum absolute atomic E-state index is 5.77. The first-order valence-electron chi connectivity index (χ1n) is 7.05. The normalized spacial score (nSPS) is 11.8. The molecule has 20 heavy (non-hydrogen) atoms. The Hall–Kier alpha value is -1.58. The maximum atomic E-state index is 5.77. The quantitative estimate of drug-likeness (QED) is 0.870. The van der Waals surface area contributed by atoms with Crippen molar-refractivity contribution < 1.29 is 4.74 Å². The molecular weight excluding hydrogens is 248 g/mol. The van der Waals surface area contributed by atoms with Gasteiger partial charge in [-0.2, -0.15) is 0 Å². The molecule has 0 unspecified atom stereocenters. The summed E-state index contributed by atoms with van der Waals surface area (Å²) in [4.78, 5) is 0. The molecule has 0 bridgehead atoms. The van der Waals surface area contributed by atoms with Gasteiger partial charge in [0.15, 0.2) is 0 Å². The van der Waals surface area contributed by atoms with E-state index in [0.717, 1.165) is 6.54 Å². The fourth-order valence-electron chi connectivity index (χ4n) is 1.93. The smallest absolute Gasteiger partial charge is 0.123 e. The minimum atomic E-state index is 0.125. The van der Waals surface area contributed by atoms with Crippen molar-refractivity contribution in [1.29, 1.82) is 0 Å². The number of hydrogen-bond donors (Lipinski definition) is 1. The SMILES string of the molecule is CC(C)(C)NCc1cccn1COCc1ccccc1. The minimum absolute atomic E-state index is 0.125. The second kappa shape index (κ2) is 6.73. The van der Waals surface area contributed by atoms with E-state index in [1.807, 2.05) is 18.2 Å². The number of nitrogens with one attached hydrogen (secondary N) is 1. The average molecular weight is 272 g/mol. The van der Waals surface area contributed by atoms with E-state index >= 15 is 0 Å². The molecule has 0 saturated heterocycles. The van der Waals surface area contributed by atoms with Gasteiger partial charge in [0.2, 0.25) is 0 Å². The molecule has 0 saturated carbocycles. The molecule has 0 aliphatic carbocycles. The van der Waals surface area contributed by atoms with Gasteiger partial charge in [0.05, 0.1) is 6.61 Å². The molecule has 0 radical (unpaired) electrons. The molecule has 3 nitrogen and oxygen atoms in total. The van der Waals surface area contributed by atoms with E-state index in [1.165, 1.54) is 11.3 Å². The summed E-state index contributed by atoms with van der Waals surface area (Å²) in [5.41, 5.74) is 2.57. The van der Waals surface area contributed by atoms with E-state index < -0.39 is 0 Å². The third kappa shape index (κ3) is 4.83.